The molecule has 0 aliphatic heterocycles. The van der Waals surface area contributed by atoms with E-state index in [9.17, 15) is 9.90 Å². The molecule has 1 aliphatic rings. The second kappa shape index (κ2) is 7.63. The van der Waals surface area contributed by atoms with E-state index in [2.05, 4.69) is 24.3 Å². The number of nitrogens with zero attached hydrogens (tertiary/aromatic N) is 3. The van der Waals surface area contributed by atoms with Crippen LogP contribution in [0.15, 0.2) is 12.3 Å². The number of aliphatic hydroxyl groups is 1. The molecule has 22 heavy (non-hydrogen) atoms. The lowest BCUT2D eigenvalue weighted by molar-refractivity contribution is 0.114. The Morgan fingerprint density at radius 1 is 1.55 bits per heavy atom. The molecule has 124 valence electrons. The zero-order valence-electron chi connectivity index (χ0n) is 13.8. The summed E-state index contributed by atoms with van der Waals surface area (Å²) in [4.78, 5) is 13.7. The Labute approximate surface area is 132 Å². The van der Waals surface area contributed by atoms with Crippen LogP contribution in [-0.2, 0) is 6.42 Å². The van der Waals surface area contributed by atoms with Crippen molar-refractivity contribution in [2.24, 2.45) is 5.92 Å². The molecule has 2 rings (SSSR count). The molecule has 1 saturated carbocycles. The van der Waals surface area contributed by atoms with Crippen molar-refractivity contribution in [3.8, 4) is 0 Å². The Morgan fingerprint density at radius 2 is 2.32 bits per heavy atom. The largest absolute Gasteiger partial charge is 0.393 e. The Hall–Kier alpha value is -1.56. The second-order valence-electron chi connectivity index (χ2n) is 6.50. The van der Waals surface area contributed by atoms with Crippen molar-refractivity contribution in [1.29, 1.82) is 0 Å². The van der Waals surface area contributed by atoms with Crippen LogP contribution in [0, 0.1) is 5.92 Å². The molecule has 1 aromatic rings. The summed E-state index contributed by atoms with van der Waals surface area (Å²) in [5, 5.41) is 17.2. The van der Waals surface area contributed by atoms with Crippen molar-refractivity contribution in [3.63, 3.8) is 0 Å². The number of carbonyl (C=O) groups is 1. The molecular formula is C16H28N4O2. The van der Waals surface area contributed by atoms with Crippen LogP contribution < -0.4 is 5.32 Å². The Bertz CT molecular complexity index is 486. The fourth-order valence-corrected chi connectivity index (χ4v) is 2.90. The quantitative estimate of drug-likeness (QED) is 0.842. The lowest BCUT2D eigenvalue weighted by Gasteiger charge is -2.23. The van der Waals surface area contributed by atoms with Crippen molar-refractivity contribution in [3.05, 3.63) is 18.0 Å². The molecule has 2 atom stereocenters. The van der Waals surface area contributed by atoms with E-state index in [-0.39, 0.29) is 18.1 Å². The summed E-state index contributed by atoms with van der Waals surface area (Å²) in [6, 6.07) is 2.26. The van der Waals surface area contributed by atoms with Crippen LogP contribution in [0.4, 0.5) is 4.79 Å². The predicted octanol–water partition coefficient (Wildman–Crippen LogP) is 1.81. The van der Waals surface area contributed by atoms with Gasteiger partial charge in [-0.25, -0.2) is 4.79 Å². The van der Waals surface area contributed by atoms with Crippen LogP contribution in [0.3, 0.4) is 0 Å². The van der Waals surface area contributed by atoms with E-state index in [4.69, 9.17) is 0 Å². The summed E-state index contributed by atoms with van der Waals surface area (Å²) < 4.78 is 1.92. The minimum Gasteiger partial charge on any atom is -0.393 e. The molecular weight excluding hydrogens is 280 g/mol. The molecule has 6 nitrogen and oxygen atoms in total. The van der Waals surface area contributed by atoms with Gasteiger partial charge in [0.2, 0.25) is 0 Å². The van der Waals surface area contributed by atoms with Crippen molar-refractivity contribution in [1.82, 2.24) is 20.0 Å². The van der Waals surface area contributed by atoms with Crippen molar-refractivity contribution < 1.29 is 9.90 Å². The average Bonchev–Trinajstić information content (AvgIpc) is 3.09. The summed E-state index contributed by atoms with van der Waals surface area (Å²) in [5.41, 5.74) is 0.989. The van der Waals surface area contributed by atoms with Crippen molar-refractivity contribution >= 4 is 6.03 Å². The minimum atomic E-state index is -0.254. The number of urea groups is 1. The molecule has 1 aliphatic carbocycles. The highest BCUT2D eigenvalue weighted by atomic mass is 16.3. The Kier molecular flexibility index (Phi) is 5.83. The summed E-state index contributed by atoms with van der Waals surface area (Å²) in [7, 11) is 1.79. The zero-order chi connectivity index (χ0) is 16.1. The van der Waals surface area contributed by atoms with E-state index in [1.165, 1.54) is 0 Å². The molecule has 2 unspecified atom stereocenters. The maximum Gasteiger partial charge on any atom is 0.317 e. The lowest BCUT2D eigenvalue weighted by atomic mass is 10.1. The molecule has 0 spiro atoms. The summed E-state index contributed by atoms with van der Waals surface area (Å²) in [6.45, 7) is 5.37. The predicted molar refractivity (Wildman–Crippen MR) is 85.7 cm³/mol. The van der Waals surface area contributed by atoms with Gasteiger partial charge >= 0.3 is 6.03 Å². The maximum atomic E-state index is 12.0. The number of nitrogens with one attached hydrogen (secondary N) is 1. The third kappa shape index (κ3) is 4.47. The van der Waals surface area contributed by atoms with Crippen LogP contribution in [0.2, 0.25) is 0 Å². The number of aliphatic hydroxyl groups excluding tert-OH is 1. The molecule has 1 aromatic heterocycles. The molecule has 6 heteroatoms. The minimum absolute atomic E-state index is 0.0811. The van der Waals surface area contributed by atoms with Gasteiger partial charge in [0.1, 0.15) is 0 Å². The monoisotopic (exact) mass is 308 g/mol. The van der Waals surface area contributed by atoms with Crippen molar-refractivity contribution in [2.45, 2.75) is 51.7 Å². The third-order valence-corrected chi connectivity index (χ3v) is 4.32. The first-order valence-electron chi connectivity index (χ1n) is 8.18. The van der Waals surface area contributed by atoms with Gasteiger partial charge in [-0.2, -0.15) is 5.10 Å². The SMILES string of the molecule is CC(C)n1ccc(CCNC(=O)N(C)CC2CCCC2O)n1. The van der Waals surface area contributed by atoms with Gasteiger partial charge in [-0.1, -0.05) is 6.42 Å². The highest BCUT2D eigenvalue weighted by Crippen LogP contribution is 2.25. The van der Waals surface area contributed by atoms with Gasteiger partial charge in [-0.15, -0.1) is 0 Å². The van der Waals surface area contributed by atoms with Gasteiger partial charge in [-0.3, -0.25) is 4.68 Å². The molecule has 2 amide bonds. The number of amides is 2. The first-order valence-corrected chi connectivity index (χ1v) is 8.18. The number of aromatic nitrogens is 2. The maximum absolute atomic E-state index is 12.0. The first-order chi connectivity index (χ1) is 10.5. The average molecular weight is 308 g/mol. The molecule has 0 aromatic carbocycles. The molecule has 0 saturated heterocycles. The van der Waals surface area contributed by atoms with Crippen LogP contribution >= 0.6 is 0 Å². The van der Waals surface area contributed by atoms with Gasteiger partial charge in [-0.05, 0) is 32.8 Å². The standard InChI is InChI=1S/C16H28N4O2/c1-12(2)20-10-8-14(18-20)7-9-17-16(22)19(3)11-13-5-4-6-15(13)21/h8,10,12-13,15,21H,4-7,9,11H2,1-3H3,(H,17,22). The summed E-state index contributed by atoms with van der Waals surface area (Å²) in [5.74, 6) is 0.220. The topological polar surface area (TPSA) is 70.4 Å². The Balaban J connectivity index is 1.70. The smallest absolute Gasteiger partial charge is 0.317 e. The number of rotatable bonds is 6. The van der Waals surface area contributed by atoms with Gasteiger partial charge in [0.15, 0.2) is 0 Å². The van der Waals surface area contributed by atoms with Gasteiger partial charge in [0, 0.05) is 44.7 Å². The zero-order valence-corrected chi connectivity index (χ0v) is 13.8. The summed E-state index contributed by atoms with van der Waals surface area (Å²) in [6.07, 6.45) is 5.36. The normalized spacial score (nSPS) is 21.3. The molecule has 0 radical (unpaired) electrons. The van der Waals surface area contributed by atoms with Gasteiger partial charge in [0.05, 0.1) is 11.8 Å². The highest BCUT2D eigenvalue weighted by molar-refractivity contribution is 5.73. The molecule has 2 N–H and O–H groups in total. The second-order valence-corrected chi connectivity index (χ2v) is 6.50. The number of carbonyl (C=O) groups excluding carboxylic acids is 1. The molecule has 1 heterocycles. The molecule has 1 fully saturated rings. The van der Waals surface area contributed by atoms with Crippen molar-refractivity contribution in [2.75, 3.05) is 20.1 Å². The van der Waals surface area contributed by atoms with E-state index in [0.717, 1.165) is 31.4 Å². The first kappa shape index (κ1) is 16.8. The Morgan fingerprint density at radius 3 is 2.91 bits per heavy atom. The van der Waals surface area contributed by atoms with Crippen LogP contribution in [0.1, 0.15) is 44.8 Å². The lowest BCUT2D eigenvalue weighted by Crippen LogP contribution is -2.41. The molecule has 0 bridgehead atoms. The van der Waals surface area contributed by atoms with Crippen LogP contribution in [-0.4, -0.2) is 52.1 Å². The highest BCUT2D eigenvalue weighted by Gasteiger charge is 2.27. The van der Waals surface area contributed by atoms with Gasteiger partial charge in [0.25, 0.3) is 0 Å². The van der Waals surface area contributed by atoms with E-state index in [0.29, 0.717) is 19.1 Å². The fraction of sp³-hybridized carbons (Fsp3) is 0.750. The van der Waals surface area contributed by atoms with Gasteiger partial charge < -0.3 is 15.3 Å². The fourth-order valence-electron chi connectivity index (χ4n) is 2.90. The summed E-state index contributed by atoms with van der Waals surface area (Å²) >= 11 is 0. The van der Waals surface area contributed by atoms with E-state index < -0.39 is 0 Å². The third-order valence-electron chi connectivity index (χ3n) is 4.32. The van der Waals surface area contributed by atoms with E-state index in [1.54, 1.807) is 11.9 Å². The van der Waals surface area contributed by atoms with Crippen LogP contribution in [0.5, 0.6) is 0 Å². The number of hydrogen-bond donors (Lipinski definition) is 2. The van der Waals surface area contributed by atoms with Crippen LogP contribution in [0.25, 0.3) is 0 Å². The number of hydrogen-bond acceptors (Lipinski definition) is 3. The van der Waals surface area contributed by atoms with E-state index >= 15 is 0 Å². The van der Waals surface area contributed by atoms with E-state index in [1.807, 2.05) is 16.9 Å².